The third-order valence-corrected chi connectivity index (χ3v) is 4.86. The Morgan fingerprint density at radius 2 is 1.80 bits per heavy atom. The van der Waals surface area contributed by atoms with Crippen LogP contribution in [0.1, 0.15) is 12.5 Å². The van der Waals surface area contributed by atoms with Gasteiger partial charge >= 0.3 is 0 Å². The van der Waals surface area contributed by atoms with Gasteiger partial charge in [0.05, 0.1) is 26.3 Å². The molecule has 30 heavy (non-hydrogen) atoms. The van der Waals surface area contributed by atoms with Gasteiger partial charge in [0.1, 0.15) is 12.4 Å². The van der Waals surface area contributed by atoms with Gasteiger partial charge in [0.2, 0.25) is 0 Å². The van der Waals surface area contributed by atoms with Crippen LogP contribution in [0.3, 0.4) is 0 Å². The topological polar surface area (TPSA) is 49.3 Å². The van der Waals surface area contributed by atoms with Crippen LogP contribution >= 0.6 is 24.0 Å². The molecule has 1 N–H and O–H groups in total. The first kappa shape index (κ1) is 24.3. The predicted molar refractivity (Wildman–Crippen MR) is 134 cm³/mol. The zero-order valence-electron chi connectivity index (χ0n) is 17.9. The van der Waals surface area contributed by atoms with Gasteiger partial charge in [0, 0.05) is 32.4 Å². The summed E-state index contributed by atoms with van der Waals surface area (Å²) in [5.41, 5.74) is 2.45. The number of hydrogen-bond acceptors (Lipinski definition) is 4. The third-order valence-electron chi connectivity index (χ3n) is 4.86. The summed E-state index contributed by atoms with van der Waals surface area (Å²) in [6, 6.07) is 18.6. The van der Waals surface area contributed by atoms with E-state index in [9.17, 15) is 0 Å². The van der Waals surface area contributed by atoms with Crippen molar-refractivity contribution >= 4 is 35.6 Å². The summed E-state index contributed by atoms with van der Waals surface area (Å²) < 4.78 is 11.2. The Labute approximate surface area is 197 Å². The first-order chi connectivity index (χ1) is 14.3. The van der Waals surface area contributed by atoms with Gasteiger partial charge in [0.25, 0.3) is 0 Å². The number of halogens is 1. The fraction of sp³-hybridized carbons (Fsp3) is 0.435. The second-order valence-corrected chi connectivity index (χ2v) is 7.02. The molecule has 0 bridgehead atoms. The van der Waals surface area contributed by atoms with Crippen LogP contribution in [0.2, 0.25) is 0 Å². The maximum Gasteiger partial charge on any atom is 0.194 e. The molecule has 0 atom stereocenters. The fourth-order valence-electron chi connectivity index (χ4n) is 3.19. The van der Waals surface area contributed by atoms with Crippen LogP contribution in [-0.4, -0.2) is 63.9 Å². The van der Waals surface area contributed by atoms with Crippen LogP contribution in [0.4, 0.5) is 5.69 Å². The second kappa shape index (κ2) is 13.3. The quantitative estimate of drug-likeness (QED) is 0.325. The summed E-state index contributed by atoms with van der Waals surface area (Å²) in [5.74, 6) is 1.78. The van der Waals surface area contributed by atoms with Crippen LogP contribution in [0.15, 0.2) is 59.6 Å². The molecule has 7 heteroatoms. The van der Waals surface area contributed by atoms with Crippen molar-refractivity contribution in [2.24, 2.45) is 4.99 Å². The number of rotatable bonds is 8. The molecule has 1 fully saturated rings. The molecule has 0 aromatic heterocycles. The van der Waals surface area contributed by atoms with E-state index in [-0.39, 0.29) is 24.0 Å². The summed E-state index contributed by atoms with van der Waals surface area (Å²) in [6.07, 6.45) is 0. The Morgan fingerprint density at radius 1 is 1.10 bits per heavy atom. The molecule has 1 heterocycles. The van der Waals surface area contributed by atoms with Gasteiger partial charge in [-0.2, -0.15) is 0 Å². The minimum atomic E-state index is 0. The number of hydrogen-bond donors (Lipinski definition) is 1. The molecule has 0 unspecified atom stereocenters. The van der Waals surface area contributed by atoms with E-state index < -0.39 is 0 Å². The van der Waals surface area contributed by atoms with Crippen LogP contribution in [0.25, 0.3) is 0 Å². The number of para-hydroxylation sites is 1. The van der Waals surface area contributed by atoms with Gasteiger partial charge in [0.15, 0.2) is 5.96 Å². The van der Waals surface area contributed by atoms with Crippen molar-refractivity contribution in [2.75, 3.05) is 57.9 Å². The number of aliphatic imine (C=N–C) groups is 1. The van der Waals surface area contributed by atoms with E-state index >= 15 is 0 Å². The van der Waals surface area contributed by atoms with Crippen molar-refractivity contribution in [2.45, 2.75) is 13.5 Å². The minimum absolute atomic E-state index is 0. The van der Waals surface area contributed by atoms with Gasteiger partial charge < -0.3 is 24.6 Å². The molecule has 0 amide bonds. The smallest absolute Gasteiger partial charge is 0.194 e. The van der Waals surface area contributed by atoms with E-state index in [2.05, 4.69) is 46.3 Å². The Bertz CT molecular complexity index is 750. The third kappa shape index (κ3) is 7.68. The van der Waals surface area contributed by atoms with E-state index in [0.29, 0.717) is 13.2 Å². The van der Waals surface area contributed by atoms with Gasteiger partial charge in [-0.3, -0.25) is 0 Å². The summed E-state index contributed by atoms with van der Waals surface area (Å²) in [5, 5.41) is 3.36. The van der Waals surface area contributed by atoms with Crippen LogP contribution < -0.4 is 15.0 Å². The molecule has 2 aromatic carbocycles. The number of morpholine rings is 1. The number of nitrogens with one attached hydrogen (secondary N) is 1. The standard InChI is InChI=1S/C23H32N4O2.HI/c1-3-24-23(26(2)13-18-29-22-7-5-4-6-8-22)25-19-20-9-11-21(12-10-20)27-14-16-28-17-15-27;/h4-12H,3,13-19H2,1-2H3,(H,24,25);1H. The molecule has 1 saturated heterocycles. The SMILES string of the molecule is CCNC(=NCc1ccc(N2CCOCC2)cc1)N(C)CCOc1ccccc1.I. The first-order valence-corrected chi connectivity index (χ1v) is 10.3. The number of guanidine groups is 1. The monoisotopic (exact) mass is 524 g/mol. The Kier molecular flexibility index (Phi) is 10.8. The number of benzene rings is 2. The summed E-state index contributed by atoms with van der Waals surface area (Å²) in [7, 11) is 2.04. The van der Waals surface area contributed by atoms with Crippen LogP contribution in [-0.2, 0) is 11.3 Å². The van der Waals surface area contributed by atoms with Gasteiger partial charge in [-0.05, 0) is 36.8 Å². The lowest BCUT2D eigenvalue weighted by atomic mass is 10.2. The largest absolute Gasteiger partial charge is 0.492 e. The molecule has 0 aliphatic carbocycles. The predicted octanol–water partition coefficient (Wildman–Crippen LogP) is 3.62. The number of ether oxygens (including phenoxy) is 2. The summed E-state index contributed by atoms with van der Waals surface area (Å²) in [4.78, 5) is 9.26. The second-order valence-electron chi connectivity index (χ2n) is 7.02. The van der Waals surface area contributed by atoms with Gasteiger partial charge in [-0.15, -0.1) is 24.0 Å². The molecule has 1 aliphatic rings. The molecule has 0 saturated carbocycles. The van der Waals surface area contributed by atoms with Crippen molar-refractivity contribution in [1.82, 2.24) is 10.2 Å². The molecule has 2 aromatic rings. The van der Waals surface area contributed by atoms with Crippen LogP contribution in [0, 0.1) is 0 Å². The highest BCUT2D eigenvalue weighted by Gasteiger charge is 2.11. The molecule has 0 radical (unpaired) electrons. The van der Waals surface area contributed by atoms with Gasteiger partial charge in [-0.1, -0.05) is 30.3 Å². The van der Waals surface area contributed by atoms with Crippen molar-refractivity contribution in [3.63, 3.8) is 0 Å². The fourth-order valence-corrected chi connectivity index (χ4v) is 3.19. The number of anilines is 1. The highest BCUT2D eigenvalue weighted by Crippen LogP contribution is 2.17. The number of likely N-dealkylation sites (N-methyl/N-ethyl adjacent to an activating group) is 1. The van der Waals surface area contributed by atoms with E-state index in [1.165, 1.54) is 11.3 Å². The van der Waals surface area contributed by atoms with Crippen molar-refractivity contribution < 1.29 is 9.47 Å². The van der Waals surface area contributed by atoms with E-state index in [1.54, 1.807) is 0 Å². The molecular formula is C23H33IN4O2. The Hall–Kier alpha value is -2.00. The maximum atomic E-state index is 5.80. The number of nitrogens with zero attached hydrogens (tertiary/aromatic N) is 3. The molecule has 164 valence electrons. The summed E-state index contributed by atoms with van der Waals surface area (Å²) in [6.45, 7) is 8.46. The van der Waals surface area contributed by atoms with Gasteiger partial charge in [-0.25, -0.2) is 4.99 Å². The summed E-state index contributed by atoms with van der Waals surface area (Å²) >= 11 is 0. The Morgan fingerprint density at radius 3 is 2.47 bits per heavy atom. The average molecular weight is 524 g/mol. The van der Waals surface area contributed by atoms with E-state index in [1.807, 2.05) is 37.4 Å². The van der Waals surface area contributed by atoms with E-state index in [4.69, 9.17) is 14.5 Å². The molecule has 1 aliphatic heterocycles. The van der Waals surface area contributed by atoms with E-state index in [0.717, 1.165) is 51.1 Å². The maximum absolute atomic E-state index is 5.80. The molecule has 3 rings (SSSR count). The van der Waals surface area contributed by atoms with Crippen molar-refractivity contribution in [3.8, 4) is 5.75 Å². The average Bonchev–Trinajstić information content (AvgIpc) is 2.78. The Balaban J connectivity index is 0.00000320. The molecule has 6 nitrogen and oxygen atoms in total. The highest BCUT2D eigenvalue weighted by molar-refractivity contribution is 14.0. The minimum Gasteiger partial charge on any atom is -0.492 e. The molecule has 0 spiro atoms. The lowest BCUT2D eigenvalue weighted by Gasteiger charge is -2.28. The zero-order valence-corrected chi connectivity index (χ0v) is 20.2. The van der Waals surface area contributed by atoms with Crippen molar-refractivity contribution in [1.29, 1.82) is 0 Å². The highest BCUT2D eigenvalue weighted by atomic mass is 127. The molecular weight excluding hydrogens is 491 g/mol. The first-order valence-electron chi connectivity index (χ1n) is 10.3. The lowest BCUT2D eigenvalue weighted by Crippen LogP contribution is -2.40. The normalized spacial score (nSPS) is 14.1. The van der Waals surface area contributed by atoms with Crippen LogP contribution in [0.5, 0.6) is 5.75 Å². The van der Waals surface area contributed by atoms with Crippen molar-refractivity contribution in [3.05, 3.63) is 60.2 Å². The zero-order chi connectivity index (χ0) is 20.3. The lowest BCUT2D eigenvalue weighted by molar-refractivity contribution is 0.122.